The van der Waals surface area contributed by atoms with Gasteiger partial charge in [-0.05, 0) is 54.4 Å². The van der Waals surface area contributed by atoms with Gasteiger partial charge in [0.2, 0.25) is 5.91 Å². The molecule has 1 saturated heterocycles. The minimum atomic E-state index is -0.607. The molecule has 1 aromatic heterocycles. The molecule has 0 unspecified atom stereocenters. The van der Waals surface area contributed by atoms with Crippen molar-refractivity contribution in [1.82, 2.24) is 14.8 Å². The van der Waals surface area contributed by atoms with Crippen molar-refractivity contribution in [3.05, 3.63) is 27.5 Å². The molecular formula is C18H25BrClN3O4. The lowest BCUT2D eigenvalue weighted by molar-refractivity contribution is -0.140. The Hall–Kier alpha value is -1.38. The van der Waals surface area contributed by atoms with Crippen LogP contribution in [0.3, 0.4) is 0 Å². The van der Waals surface area contributed by atoms with Crippen LogP contribution in [0.5, 0.6) is 0 Å². The molecule has 7 nitrogen and oxygen atoms in total. The molecule has 0 radical (unpaired) electrons. The lowest BCUT2D eigenvalue weighted by atomic mass is 9.99. The minimum Gasteiger partial charge on any atom is -0.444 e. The van der Waals surface area contributed by atoms with Crippen LogP contribution in [0.15, 0.2) is 16.7 Å². The summed E-state index contributed by atoms with van der Waals surface area (Å²) in [4.78, 5) is 32.5. The number of amides is 2. The summed E-state index contributed by atoms with van der Waals surface area (Å²) in [6.45, 7) is 7.90. The maximum absolute atomic E-state index is 12.7. The highest BCUT2D eigenvalue weighted by Gasteiger charge is 2.40. The molecule has 27 heavy (non-hydrogen) atoms. The van der Waals surface area contributed by atoms with E-state index in [9.17, 15) is 9.59 Å². The minimum absolute atomic E-state index is 0.102. The van der Waals surface area contributed by atoms with E-state index in [0.717, 1.165) is 5.56 Å². The van der Waals surface area contributed by atoms with Gasteiger partial charge in [0, 0.05) is 27.1 Å². The first-order valence-corrected chi connectivity index (χ1v) is 9.77. The van der Waals surface area contributed by atoms with E-state index in [1.165, 1.54) is 6.92 Å². The second kappa shape index (κ2) is 8.75. The number of ether oxygens (including phenoxy) is 2. The molecule has 0 N–H and O–H groups in total. The van der Waals surface area contributed by atoms with E-state index in [-0.39, 0.29) is 18.0 Å². The molecule has 0 saturated carbocycles. The van der Waals surface area contributed by atoms with Crippen molar-refractivity contribution >= 4 is 39.5 Å². The van der Waals surface area contributed by atoms with Crippen LogP contribution in [0.25, 0.3) is 0 Å². The Balaban J connectivity index is 2.41. The van der Waals surface area contributed by atoms with Crippen molar-refractivity contribution in [3.8, 4) is 0 Å². The fourth-order valence-electron chi connectivity index (χ4n) is 3.19. The molecule has 2 heterocycles. The summed E-state index contributed by atoms with van der Waals surface area (Å²) < 4.78 is 11.4. The normalized spacial score (nSPS) is 20.6. The van der Waals surface area contributed by atoms with E-state index in [4.69, 9.17) is 21.1 Å². The first-order chi connectivity index (χ1) is 12.5. The van der Waals surface area contributed by atoms with E-state index in [1.54, 1.807) is 29.0 Å². The topological polar surface area (TPSA) is 72.0 Å². The van der Waals surface area contributed by atoms with Crippen LogP contribution in [-0.4, -0.2) is 65.2 Å². The molecule has 1 fully saturated rings. The highest BCUT2D eigenvalue weighted by Crippen LogP contribution is 2.32. The molecule has 1 aliphatic heterocycles. The number of hydrogen-bond acceptors (Lipinski definition) is 5. The summed E-state index contributed by atoms with van der Waals surface area (Å²) in [7, 11) is 1.57. The quantitative estimate of drug-likeness (QED) is 0.641. The predicted octanol–water partition coefficient (Wildman–Crippen LogP) is 3.65. The smallest absolute Gasteiger partial charge is 0.410 e. The Morgan fingerprint density at radius 1 is 1.33 bits per heavy atom. The summed E-state index contributed by atoms with van der Waals surface area (Å²) >= 11 is 9.44. The Labute approximate surface area is 173 Å². The fraction of sp³-hybridized carbons (Fsp3) is 0.611. The maximum atomic E-state index is 12.7. The van der Waals surface area contributed by atoms with E-state index in [1.807, 2.05) is 20.8 Å². The molecule has 0 aliphatic carbocycles. The Bertz CT molecular complexity index is 690. The molecule has 0 aromatic carbocycles. The van der Waals surface area contributed by atoms with Gasteiger partial charge < -0.3 is 19.3 Å². The van der Waals surface area contributed by atoms with Gasteiger partial charge in [0.15, 0.2) is 0 Å². The first-order valence-electron chi connectivity index (χ1n) is 8.60. The monoisotopic (exact) mass is 461 g/mol. The zero-order valence-corrected chi connectivity index (χ0v) is 18.5. The number of carbonyl (C=O) groups excluding carboxylic acids is 2. The number of hydrogen-bond donors (Lipinski definition) is 0. The van der Waals surface area contributed by atoms with Crippen LogP contribution in [0.1, 0.15) is 39.3 Å². The molecule has 0 bridgehead atoms. The van der Waals surface area contributed by atoms with Gasteiger partial charge in [-0.15, -0.1) is 0 Å². The number of pyridine rings is 1. The second-order valence-corrected chi connectivity index (χ2v) is 8.68. The van der Waals surface area contributed by atoms with Crippen molar-refractivity contribution in [2.75, 3.05) is 26.8 Å². The molecule has 9 heteroatoms. The number of halogens is 2. The van der Waals surface area contributed by atoms with Gasteiger partial charge in [-0.25, -0.2) is 9.78 Å². The average molecular weight is 463 g/mol. The first kappa shape index (κ1) is 21.9. The van der Waals surface area contributed by atoms with Gasteiger partial charge >= 0.3 is 6.09 Å². The van der Waals surface area contributed by atoms with Gasteiger partial charge in [0.1, 0.15) is 15.4 Å². The van der Waals surface area contributed by atoms with Gasteiger partial charge in [-0.1, -0.05) is 11.6 Å². The molecule has 2 amide bonds. The standard InChI is InChI=1S/C18H25BrClN3O4/c1-11(24)23-13(10-26-5)8-22(17(25)27-18(2,3)4)9-14(23)12-6-15(19)21-16(20)7-12/h6-7,13-14H,8-10H2,1-5H3/t13-,14-/m0/s1. The van der Waals surface area contributed by atoms with Gasteiger partial charge in [0.05, 0.1) is 18.7 Å². The number of nitrogens with zero attached hydrogens (tertiary/aromatic N) is 3. The molecule has 1 aliphatic rings. The largest absolute Gasteiger partial charge is 0.444 e. The average Bonchev–Trinajstić information content (AvgIpc) is 2.51. The van der Waals surface area contributed by atoms with Crippen molar-refractivity contribution in [2.24, 2.45) is 0 Å². The highest BCUT2D eigenvalue weighted by atomic mass is 79.9. The van der Waals surface area contributed by atoms with Crippen LogP contribution in [-0.2, 0) is 14.3 Å². The van der Waals surface area contributed by atoms with Crippen molar-refractivity contribution in [1.29, 1.82) is 0 Å². The van der Waals surface area contributed by atoms with Gasteiger partial charge in [-0.2, -0.15) is 0 Å². The predicted molar refractivity (Wildman–Crippen MR) is 106 cm³/mol. The Morgan fingerprint density at radius 2 is 2.00 bits per heavy atom. The fourth-order valence-corrected chi connectivity index (χ4v) is 3.96. The lowest BCUT2D eigenvalue weighted by Crippen LogP contribution is -2.59. The molecule has 2 rings (SSSR count). The molecule has 2 atom stereocenters. The third-order valence-corrected chi connectivity index (χ3v) is 4.70. The highest BCUT2D eigenvalue weighted by molar-refractivity contribution is 9.10. The van der Waals surface area contributed by atoms with E-state index < -0.39 is 11.7 Å². The summed E-state index contributed by atoms with van der Waals surface area (Å²) in [5.74, 6) is -0.102. The van der Waals surface area contributed by atoms with Crippen LogP contribution in [0.4, 0.5) is 4.79 Å². The maximum Gasteiger partial charge on any atom is 0.410 e. The van der Waals surface area contributed by atoms with E-state index in [0.29, 0.717) is 29.5 Å². The number of rotatable bonds is 3. The zero-order chi connectivity index (χ0) is 20.4. The molecule has 150 valence electrons. The van der Waals surface area contributed by atoms with Gasteiger partial charge in [0.25, 0.3) is 0 Å². The summed E-state index contributed by atoms with van der Waals surface area (Å²) in [5.41, 5.74) is 0.177. The third-order valence-electron chi connectivity index (χ3n) is 4.10. The molecular weight excluding hydrogens is 438 g/mol. The number of piperazine rings is 1. The van der Waals surface area contributed by atoms with Gasteiger partial charge in [-0.3, -0.25) is 4.79 Å². The summed E-state index contributed by atoms with van der Waals surface area (Å²) in [5, 5.41) is 0.306. The number of methoxy groups -OCH3 is 1. The van der Waals surface area contributed by atoms with Crippen LogP contribution < -0.4 is 0 Å². The van der Waals surface area contributed by atoms with Crippen LogP contribution >= 0.6 is 27.5 Å². The zero-order valence-electron chi connectivity index (χ0n) is 16.2. The Morgan fingerprint density at radius 3 is 2.52 bits per heavy atom. The van der Waals surface area contributed by atoms with Crippen molar-refractivity contribution in [2.45, 2.75) is 45.4 Å². The van der Waals surface area contributed by atoms with Crippen LogP contribution in [0.2, 0.25) is 5.15 Å². The van der Waals surface area contributed by atoms with Crippen LogP contribution in [0, 0.1) is 0 Å². The third kappa shape index (κ3) is 5.80. The number of carbonyl (C=O) groups is 2. The summed E-state index contributed by atoms with van der Waals surface area (Å²) in [6, 6.07) is 2.81. The van der Waals surface area contributed by atoms with E-state index >= 15 is 0 Å². The number of aromatic nitrogens is 1. The van der Waals surface area contributed by atoms with E-state index in [2.05, 4.69) is 20.9 Å². The Kier molecular flexibility index (Phi) is 7.10. The van der Waals surface area contributed by atoms with Crippen molar-refractivity contribution in [3.63, 3.8) is 0 Å². The SMILES string of the molecule is COC[C@@H]1CN(C(=O)OC(C)(C)C)C[C@@H](c2cc(Cl)nc(Br)c2)N1C(C)=O. The molecule has 1 aromatic rings. The second-order valence-electron chi connectivity index (χ2n) is 7.48. The summed E-state index contributed by atoms with van der Waals surface area (Å²) in [6.07, 6.45) is -0.420. The molecule has 0 spiro atoms. The lowest BCUT2D eigenvalue weighted by Gasteiger charge is -2.46. The van der Waals surface area contributed by atoms with Crippen molar-refractivity contribution < 1.29 is 19.1 Å².